The highest BCUT2D eigenvalue weighted by Gasteiger charge is 2.20. The lowest BCUT2D eigenvalue weighted by molar-refractivity contribution is -0.119. The Labute approximate surface area is 186 Å². The zero-order valence-corrected chi connectivity index (χ0v) is 17.9. The van der Waals surface area contributed by atoms with E-state index in [2.05, 4.69) is 15.4 Å². The summed E-state index contributed by atoms with van der Waals surface area (Å²) in [4.78, 5) is 29.6. The van der Waals surface area contributed by atoms with Crippen LogP contribution in [0, 0.1) is 6.92 Å². The molecule has 3 heterocycles. The van der Waals surface area contributed by atoms with Crippen molar-refractivity contribution in [3.8, 4) is 10.8 Å². The van der Waals surface area contributed by atoms with Gasteiger partial charge in [0.2, 0.25) is 0 Å². The number of hydrogen-bond donors (Lipinski definition) is 1. The third-order valence-electron chi connectivity index (χ3n) is 4.32. The molecular weight excluding hydrogens is 440 g/mol. The molecule has 4 rings (SSSR count). The lowest BCUT2D eigenvalue weighted by Gasteiger charge is -2.10. The van der Waals surface area contributed by atoms with Gasteiger partial charge in [0.1, 0.15) is 5.82 Å². The van der Waals surface area contributed by atoms with Crippen LogP contribution in [-0.2, 0) is 16.1 Å². The fraction of sp³-hybridized carbons (Fsp3) is 0.143. The number of aryl methyl sites for hydroxylation is 1. The maximum Gasteiger partial charge on any atom is 0.358 e. The van der Waals surface area contributed by atoms with Crippen LogP contribution in [0.3, 0.4) is 0 Å². The summed E-state index contributed by atoms with van der Waals surface area (Å²) in [6.07, 6.45) is 3.10. The molecule has 0 saturated carbocycles. The minimum absolute atomic E-state index is 0.160. The number of anilines is 1. The van der Waals surface area contributed by atoms with Crippen molar-refractivity contribution in [1.82, 2.24) is 14.8 Å². The molecule has 3 aromatic heterocycles. The van der Waals surface area contributed by atoms with E-state index in [9.17, 15) is 9.59 Å². The first-order chi connectivity index (χ1) is 15.0. The van der Waals surface area contributed by atoms with Crippen LogP contribution >= 0.6 is 22.9 Å². The molecule has 1 amide bonds. The monoisotopic (exact) mass is 456 g/mol. The first kappa shape index (κ1) is 20.8. The summed E-state index contributed by atoms with van der Waals surface area (Å²) < 4.78 is 12.0. The highest BCUT2D eigenvalue weighted by molar-refractivity contribution is 7.15. The third-order valence-corrected chi connectivity index (χ3v) is 5.67. The molecule has 158 valence electrons. The van der Waals surface area contributed by atoms with Crippen molar-refractivity contribution in [2.45, 2.75) is 13.5 Å². The average molecular weight is 457 g/mol. The van der Waals surface area contributed by atoms with Crippen LogP contribution in [0.5, 0.6) is 0 Å². The first-order valence-electron chi connectivity index (χ1n) is 9.25. The van der Waals surface area contributed by atoms with Gasteiger partial charge in [0.25, 0.3) is 5.91 Å². The average Bonchev–Trinajstić information content (AvgIpc) is 3.50. The van der Waals surface area contributed by atoms with Gasteiger partial charge in [0.15, 0.2) is 23.1 Å². The van der Waals surface area contributed by atoms with Gasteiger partial charge in [-0.1, -0.05) is 29.8 Å². The fourth-order valence-electron chi connectivity index (χ4n) is 2.82. The maximum atomic E-state index is 12.4. The highest BCUT2D eigenvalue weighted by Crippen LogP contribution is 2.28. The molecule has 0 aliphatic carbocycles. The van der Waals surface area contributed by atoms with Crippen molar-refractivity contribution in [3.63, 3.8) is 0 Å². The van der Waals surface area contributed by atoms with Crippen molar-refractivity contribution >= 4 is 40.6 Å². The van der Waals surface area contributed by atoms with Crippen LogP contribution in [0.2, 0.25) is 5.02 Å². The van der Waals surface area contributed by atoms with Crippen molar-refractivity contribution in [2.24, 2.45) is 0 Å². The topological polar surface area (TPSA) is 99.2 Å². The Kier molecular flexibility index (Phi) is 6.15. The highest BCUT2D eigenvalue weighted by atomic mass is 35.5. The van der Waals surface area contributed by atoms with Crippen LogP contribution in [0.25, 0.3) is 10.8 Å². The van der Waals surface area contributed by atoms with Crippen molar-refractivity contribution < 1.29 is 18.7 Å². The van der Waals surface area contributed by atoms with E-state index in [4.69, 9.17) is 20.8 Å². The zero-order valence-electron chi connectivity index (χ0n) is 16.4. The van der Waals surface area contributed by atoms with E-state index in [1.54, 1.807) is 42.1 Å². The minimum Gasteiger partial charge on any atom is -0.462 e. The number of furan rings is 1. The lowest BCUT2D eigenvalue weighted by atomic mass is 10.2. The number of rotatable bonds is 7. The number of carbonyl (C=O) groups is 2. The van der Waals surface area contributed by atoms with Gasteiger partial charge in [-0.25, -0.2) is 14.5 Å². The number of amides is 1. The number of esters is 1. The molecule has 31 heavy (non-hydrogen) atoms. The van der Waals surface area contributed by atoms with Gasteiger partial charge in [-0.15, -0.1) is 11.3 Å². The standard InChI is InChI=1S/C21H17ClN4O4S/c1-13-19(25-20(31-13)16-7-4-10-29-16)21(28)30-12-18(27)24-17-8-9-23-26(17)11-14-5-2-3-6-15(14)22/h2-10H,11-12H2,1H3,(H,24,27). The van der Waals surface area contributed by atoms with E-state index in [-0.39, 0.29) is 5.69 Å². The van der Waals surface area contributed by atoms with Crippen molar-refractivity contribution in [3.05, 3.63) is 76.1 Å². The SMILES string of the molecule is Cc1sc(-c2ccco2)nc1C(=O)OCC(=O)Nc1ccnn1Cc1ccccc1Cl. The second-order valence-corrected chi connectivity index (χ2v) is 8.10. The summed E-state index contributed by atoms with van der Waals surface area (Å²) in [7, 11) is 0. The molecule has 0 aliphatic rings. The van der Waals surface area contributed by atoms with Gasteiger partial charge in [0, 0.05) is 16.0 Å². The number of benzene rings is 1. The second kappa shape index (κ2) is 9.15. The number of carbonyl (C=O) groups excluding carboxylic acids is 2. The Morgan fingerprint density at radius 1 is 1.23 bits per heavy atom. The number of halogens is 1. The molecule has 0 aliphatic heterocycles. The molecule has 1 N–H and O–H groups in total. The molecular formula is C21H17ClN4O4S. The van der Waals surface area contributed by atoms with Gasteiger partial charge in [-0.05, 0) is 30.7 Å². The molecule has 0 atom stereocenters. The Morgan fingerprint density at radius 3 is 2.84 bits per heavy atom. The van der Waals surface area contributed by atoms with Gasteiger partial charge in [0.05, 0.1) is 19.0 Å². The Balaban J connectivity index is 1.36. The van der Waals surface area contributed by atoms with Crippen LogP contribution in [-0.4, -0.2) is 33.2 Å². The molecule has 10 heteroatoms. The zero-order chi connectivity index (χ0) is 21.8. The summed E-state index contributed by atoms with van der Waals surface area (Å²) in [6.45, 7) is 1.69. The van der Waals surface area contributed by atoms with Gasteiger partial charge >= 0.3 is 5.97 Å². The van der Waals surface area contributed by atoms with Gasteiger partial charge < -0.3 is 14.5 Å². The van der Waals surface area contributed by atoms with Crippen molar-refractivity contribution in [2.75, 3.05) is 11.9 Å². The Morgan fingerprint density at radius 2 is 2.06 bits per heavy atom. The Hall–Kier alpha value is -3.43. The van der Waals surface area contributed by atoms with Gasteiger partial charge in [-0.2, -0.15) is 5.10 Å². The van der Waals surface area contributed by atoms with E-state index in [0.29, 0.717) is 33.0 Å². The van der Waals surface area contributed by atoms with E-state index >= 15 is 0 Å². The van der Waals surface area contributed by atoms with E-state index in [1.807, 2.05) is 18.2 Å². The number of aromatic nitrogens is 3. The lowest BCUT2D eigenvalue weighted by Crippen LogP contribution is -2.23. The third kappa shape index (κ3) is 4.84. The molecule has 0 saturated heterocycles. The van der Waals surface area contributed by atoms with Crippen LogP contribution in [0.15, 0.2) is 59.3 Å². The van der Waals surface area contributed by atoms with Gasteiger partial charge in [-0.3, -0.25) is 4.79 Å². The smallest absolute Gasteiger partial charge is 0.358 e. The first-order valence-corrected chi connectivity index (χ1v) is 10.4. The molecule has 1 aromatic carbocycles. The molecule has 4 aromatic rings. The summed E-state index contributed by atoms with van der Waals surface area (Å²) in [5, 5.41) is 8.07. The quantitative estimate of drug-likeness (QED) is 0.413. The molecule has 0 spiro atoms. The normalized spacial score (nSPS) is 10.8. The second-order valence-electron chi connectivity index (χ2n) is 6.49. The summed E-state index contributed by atoms with van der Waals surface area (Å²) >= 11 is 7.51. The van der Waals surface area contributed by atoms with E-state index in [0.717, 1.165) is 5.56 Å². The summed E-state index contributed by atoms with van der Waals surface area (Å²) in [5.74, 6) is -0.137. The summed E-state index contributed by atoms with van der Waals surface area (Å²) in [5.41, 5.74) is 1.02. The molecule has 0 unspecified atom stereocenters. The fourth-order valence-corrected chi connectivity index (χ4v) is 3.89. The molecule has 0 radical (unpaired) electrons. The summed E-state index contributed by atoms with van der Waals surface area (Å²) in [6, 6.07) is 12.5. The van der Waals surface area contributed by atoms with E-state index in [1.165, 1.54) is 17.6 Å². The number of thiazole rings is 1. The Bertz CT molecular complexity index is 1220. The molecule has 8 nitrogen and oxygen atoms in total. The van der Waals surface area contributed by atoms with E-state index < -0.39 is 18.5 Å². The predicted octanol–water partition coefficient (Wildman–Crippen LogP) is 4.41. The number of nitrogens with one attached hydrogen (secondary N) is 1. The molecule has 0 fully saturated rings. The number of ether oxygens (including phenoxy) is 1. The number of hydrogen-bond acceptors (Lipinski definition) is 7. The minimum atomic E-state index is -0.675. The van der Waals surface area contributed by atoms with Crippen molar-refractivity contribution in [1.29, 1.82) is 0 Å². The molecule has 0 bridgehead atoms. The van der Waals surface area contributed by atoms with Crippen LogP contribution < -0.4 is 5.32 Å². The van der Waals surface area contributed by atoms with Crippen LogP contribution in [0.1, 0.15) is 20.9 Å². The maximum absolute atomic E-state index is 12.4. The number of nitrogens with zero attached hydrogens (tertiary/aromatic N) is 3. The van der Waals surface area contributed by atoms with Crippen LogP contribution in [0.4, 0.5) is 5.82 Å². The largest absolute Gasteiger partial charge is 0.462 e. The predicted molar refractivity (Wildman–Crippen MR) is 116 cm³/mol.